The van der Waals surface area contributed by atoms with Gasteiger partial charge >= 0.3 is 11.9 Å². The van der Waals surface area contributed by atoms with Gasteiger partial charge in [0.15, 0.2) is 0 Å². The second kappa shape index (κ2) is 17.0. The molecule has 5 heteroatoms. The molecule has 0 aliphatic carbocycles. The topological polar surface area (TPSA) is 61.8 Å². The molecule has 27 heavy (non-hydrogen) atoms. The summed E-state index contributed by atoms with van der Waals surface area (Å²) in [6.07, 6.45) is 7.93. The number of carbonyl (C=O) groups excluding carboxylic acids is 2. The van der Waals surface area contributed by atoms with Crippen LogP contribution in [0.4, 0.5) is 0 Å². The number of hydrogen-bond acceptors (Lipinski definition) is 5. The molecule has 0 saturated heterocycles. The van der Waals surface area contributed by atoms with Gasteiger partial charge in [-0.05, 0) is 32.1 Å². The highest BCUT2D eigenvalue weighted by Gasteiger charge is 2.22. The van der Waals surface area contributed by atoms with Crippen LogP contribution in [0.25, 0.3) is 0 Å². The third kappa shape index (κ3) is 12.1. The van der Waals surface area contributed by atoms with Gasteiger partial charge in [0.05, 0.1) is 11.8 Å². The molecule has 0 aromatic heterocycles. The Hall–Kier alpha value is -1.10. The van der Waals surface area contributed by atoms with Crippen LogP contribution in [-0.4, -0.2) is 37.9 Å². The van der Waals surface area contributed by atoms with E-state index in [0.29, 0.717) is 6.61 Å². The van der Waals surface area contributed by atoms with E-state index in [2.05, 4.69) is 13.8 Å². The van der Waals surface area contributed by atoms with Crippen molar-refractivity contribution >= 4 is 11.9 Å². The van der Waals surface area contributed by atoms with Gasteiger partial charge in [0.25, 0.3) is 0 Å². The van der Waals surface area contributed by atoms with Crippen molar-refractivity contribution in [3.05, 3.63) is 0 Å². The first kappa shape index (κ1) is 25.9. The summed E-state index contributed by atoms with van der Waals surface area (Å²) in [6, 6.07) is 0. The van der Waals surface area contributed by atoms with E-state index in [0.717, 1.165) is 57.8 Å². The molecule has 2 unspecified atom stereocenters. The van der Waals surface area contributed by atoms with Crippen molar-refractivity contribution in [1.82, 2.24) is 0 Å². The molecule has 0 N–H and O–H groups in total. The summed E-state index contributed by atoms with van der Waals surface area (Å²) in [7, 11) is 0. The number of hydrogen-bond donors (Lipinski definition) is 0. The van der Waals surface area contributed by atoms with E-state index in [1.807, 2.05) is 20.8 Å². The minimum Gasteiger partial charge on any atom is -0.463 e. The lowest BCUT2D eigenvalue weighted by Crippen LogP contribution is -2.31. The van der Waals surface area contributed by atoms with Crippen molar-refractivity contribution in [2.75, 3.05) is 19.8 Å². The van der Waals surface area contributed by atoms with Crippen LogP contribution < -0.4 is 0 Å². The minimum atomic E-state index is -0.398. The Balaban J connectivity index is 4.52. The molecule has 0 aliphatic heterocycles. The number of carbonyl (C=O) groups is 2. The van der Waals surface area contributed by atoms with Gasteiger partial charge in [-0.15, -0.1) is 0 Å². The lowest BCUT2D eigenvalue weighted by molar-refractivity contribution is -0.160. The van der Waals surface area contributed by atoms with Crippen LogP contribution in [0.15, 0.2) is 0 Å². The van der Waals surface area contributed by atoms with Gasteiger partial charge in [0.1, 0.15) is 19.3 Å². The summed E-state index contributed by atoms with van der Waals surface area (Å²) in [6.45, 7) is 11.1. The van der Waals surface area contributed by atoms with E-state index in [4.69, 9.17) is 14.2 Å². The molecule has 2 atom stereocenters. The summed E-state index contributed by atoms with van der Waals surface area (Å²) >= 11 is 0. The van der Waals surface area contributed by atoms with Crippen molar-refractivity contribution in [3.63, 3.8) is 0 Å². The van der Waals surface area contributed by atoms with Crippen LogP contribution in [0.5, 0.6) is 0 Å². The Bertz CT molecular complexity index is 351. The molecular formula is C22H42O5. The van der Waals surface area contributed by atoms with Gasteiger partial charge in [-0.1, -0.05) is 60.3 Å². The average Bonchev–Trinajstić information content (AvgIpc) is 2.68. The first-order chi connectivity index (χ1) is 13.0. The smallest absolute Gasteiger partial charge is 0.309 e. The fraction of sp³-hybridized carbons (Fsp3) is 0.909. The maximum atomic E-state index is 12.3. The maximum Gasteiger partial charge on any atom is 0.309 e. The third-order valence-corrected chi connectivity index (χ3v) is 4.85. The average molecular weight is 387 g/mol. The van der Waals surface area contributed by atoms with E-state index in [1.165, 1.54) is 0 Å². The fourth-order valence-corrected chi connectivity index (χ4v) is 2.89. The van der Waals surface area contributed by atoms with Crippen LogP contribution in [0, 0.1) is 11.8 Å². The van der Waals surface area contributed by atoms with Gasteiger partial charge < -0.3 is 14.2 Å². The molecule has 0 fully saturated rings. The fourth-order valence-electron chi connectivity index (χ4n) is 2.89. The van der Waals surface area contributed by atoms with Gasteiger partial charge in [-0.3, -0.25) is 9.59 Å². The van der Waals surface area contributed by atoms with Crippen LogP contribution in [0.3, 0.4) is 0 Å². The van der Waals surface area contributed by atoms with Gasteiger partial charge in [0, 0.05) is 6.61 Å². The highest BCUT2D eigenvalue weighted by Crippen LogP contribution is 2.16. The van der Waals surface area contributed by atoms with Gasteiger partial charge in [0.2, 0.25) is 0 Å². The molecule has 0 radical (unpaired) electrons. The minimum absolute atomic E-state index is 0.0576. The zero-order valence-corrected chi connectivity index (χ0v) is 18.3. The molecule has 0 saturated carbocycles. The largest absolute Gasteiger partial charge is 0.463 e. The molecule has 0 aliphatic rings. The molecule has 0 heterocycles. The first-order valence-corrected chi connectivity index (χ1v) is 11.0. The predicted molar refractivity (Wildman–Crippen MR) is 109 cm³/mol. The number of esters is 2. The van der Waals surface area contributed by atoms with Crippen LogP contribution in [0.1, 0.15) is 92.4 Å². The van der Waals surface area contributed by atoms with Crippen molar-refractivity contribution in [2.45, 2.75) is 98.5 Å². The SMILES string of the molecule is CCCCC(CC)C(=O)OCC(COC(=O)C(CC)CCCC)OCCC. The Morgan fingerprint density at radius 3 is 1.48 bits per heavy atom. The number of rotatable bonds is 17. The van der Waals surface area contributed by atoms with Gasteiger partial charge in [-0.2, -0.15) is 0 Å². The lowest BCUT2D eigenvalue weighted by atomic mass is 10.00. The molecule has 160 valence electrons. The Morgan fingerprint density at radius 1 is 0.704 bits per heavy atom. The highest BCUT2D eigenvalue weighted by atomic mass is 16.6. The molecule has 0 spiro atoms. The summed E-state index contributed by atoms with van der Waals surface area (Å²) < 4.78 is 16.7. The van der Waals surface area contributed by atoms with Gasteiger partial charge in [-0.25, -0.2) is 0 Å². The molecule has 0 amide bonds. The second-order valence-corrected chi connectivity index (χ2v) is 7.25. The highest BCUT2D eigenvalue weighted by molar-refractivity contribution is 5.72. The van der Waals surface area contributed by atoms with Crippen LogP contribution >= 0.6 is 0 Å². The van der Waals surface area contributed by atoms with Crippen molar-refractivity contribution in [2.24, 2.45) is 11.8 Å². The predicted octanol–water partition coefficient (Wildman–Crippen LogP) is 5.30. The first-order valence-electron chi connectivity index (χ1n) is 11.0. The summed E-state index contributed by atoms with van der Waals surface area (Å²) in [5.41, 5.74) is 0. The van der Waals surface area contributed by atoms with Crippen LogP contribution in [-0.2, 0) is 23.8 Å². The zero-order chi connectivity index (χ0) is 20.5. The third-order valence-electron chi connectivity index (χ3n) is 4.85. The monoisotopic (exact) mass is 386 g/mol. The molecular weight excluding hydrogens is 344 g/mol. The van der Waals surface area contributed by atoms with E-state index in [-0.39, 0.29) is 37.0 Å². The Labute approximate surface area is 166 Å². The van der Waals surface area contributed by atoms with E-state index in [1.54, 1.807) is 0 Å². The summed E-state index contributed by atoms with van der Waals surface area (Å²) in [5.74, 6) is -0.454. The molecule has 0 bridgehead atoms. The van der Waals surface area contributed by atoms with Crippen molar-refractivity contribution < 1.29 is 23.8 Å². The molecule has 0 rings (SSSR count). The van der Waals surface area contributed by atoms with E-state index >= 15 is 0 Å². The van der Waals surface area contributed by atoms with E-state index in [9.17, 15) is 9.59 Å². The normalized spacial score (nSPS) is 14.4. The van der Waals surface area contributed by atoms with Crippen LogP contribution in [0.2, 0.25) is 0 Å². The Kier molecular flexibility index (Phi) is 16.3. The number of unbranched alkanes of at least 4 members (excludes halogenated alkanes) is 2. The quantitative estimate of drug-likeness (QED) is 0.317. The number of ether oxygens (including phenoxy) is 3. The summed E-state index contributed by atoms with van der Waals surface area (Å²) in [5, 5.41) is 0. The second-order valence-electron chi connectivity index (χ2n) is 7.25. The van der Waals surface area contributed by atoms with Crippen molar-refractivity contribution in [1.29, 1.82) is 0 Å². The zero-order valence-electron chi connectivity index (χ0n) is 18.3. The lowest BCUT2D eigenvalue weighted by Gasteiger charge is -2.21. The summed E-state index contributed by atoms with van der Waals surface area (Å²) in [4.78, 5) is 24.6. The van der Waals surface area contributed by atoms with E-state index < -0.39 is 6.10 Å². The molecule has 0 aromatic rings. The molecule has 5 nitrogen and oxygen atoms in total. The Morgan fingerprint density at radius 2 is 1.15 bits per heavy atom. The van der Waals surface area contributed by atoms with Crippen molar-refractivity contribution in [3.8, 4) is 0 Å². The molecule has 0 aromatic carbocycles. The maximum absolute atomic E-state index is 12.3. The standard InChI is InChI=1S/C22H42O5/c1-6-11-13-18(9-4)21(23)26-16-20(25-15-8-3)17-27-22(24)19(10-5)14-12-7-2/h18-20H,6-17H2,1-5H3.